The highest BCUT2D eigenvalue weighted by molar-refractivity contribution is 7.99. The van der Waals surface area contributed by atoms with Crippen molar-refractivity contribution in [3.63, 3.8) is 0 Å². The van der Waals surface area contributed by atoms with Crippen molar-refractivity contribution in [1.82, 2.24) is 4.98 Å². The van der Waals surface area contributed by atoms with Crippen LogP contribution in [-0.4, -0.2) is 15.8 Å². The average molecular weight is 267 g/mol. The molecular formula is C13H11F2NOS. The first-order valence-corrected chi connectivity index (χ1v) is 6.31. The Labute approximate surface area is 108 Å². The summed E-state index contributed by atoms with van der Waals surface area (Å²) in [7, 11) is 0. The Morgan fingerprint density at radius 1 is 1.22 bits per heavy atom. The summed E-state index contributed by atoms with van der Waals surface area (Å²) in [6, 6.07) is 7.54. The summed E-state index contributed by atoms with van der Waals surface area (Å²) in [6.07, 6.45) is 1.59. The molecule has 1 aromatic carbocycles. The Morgan fingerprint density at radius 2 is 2.00 bits per heavy atom. The zero-order chi connectivity index (χ0) is 13.0. The molecule has 0 bridgehead atoms. The van der Waals surface area contributed by atoms with Gasteiger partial charge in [-0.1, -0.05) is 12.1 Å². The van der Waals surface area contributed by atoms with Gasteiger partial charge in [0.15, 0.2) is 0 Å². The Balaban J connectivity index is 2.00. The van der Waals surface area contributed by atoms with E-state index in [0.29, 0.717) is 10.5 Å². The third-order valence-corrected chi connectivity index (χ3v) is 3.47. The van der Waals surface area contributed by atoms with Gasteiger partial charge in [-0.25, -0.2) is 8.78 Å². The maximum Gasteiger partial charge on any atom is 0.141 e. The van der Waals surface area contributed by atoms with Gasteiger partial charge in [-0.15, -0.1) is 11.8 Å². The van der Waals surface area contributed by atoms with Gasteiger partial charge in [0, 0.05) is 22.4 Å². The fourth-order valence-corrected chi connectivity index (χ4v) is 2.35. The first-order valence-electron chi connectivity index (χ1n) is 5.32. The largest absolute Gasteiger partial charge is 0.387 e. The summed E-state index contributed by atoms with van der Waals surface area (Å²) in [5.41, 5.74) is 0.388. The summed E-state index contributed by atoms with van der Waals surface area (Å²) in [5.74, 6) is -0.582. The molecule has 0 aliphatic heterocycles. The molecule has 0 amide bonds. The van der Waals surface area contributed by atoms with Crippen LogP contribution in [0.2, 0.25) is 0 Å². The van der Waals surface area contributed by atoms with E-state index in [-0.39, 0.29) is 11.6 Å². The molecule has 0 fully saturated rings. The number of hydrogen-bond acceptors (Lipinski definition) is 3. The first kappa shape index (κ1) is 13.0. The number of aliphatic hydroxyl groups excluding tert-OH is 1. The number of benzene rings is 1. The lowest BCUT2D eigenvalue weighted by Gasteiger charge is -2.10. The number of aliphatic hydroxyl groups is 1. The van der Waals surface area contributed by atoms with Crippen LogP contribution in [0.4, 0.5) is 8.78 Å². The van der Waals surface area contributed by atoms with Crippen LogP contribution in [-0.2, 0) is 0 Å². The summed E-state index contributed by atoms with van der Waals surface area (Å²) in [4.78, 5) is 4.12. The maximum atomic E-state index is 13.3. The van der Waals surface area contributed by atoms with E-state index in [1.807, 2.05) is 0 Å². The van der Waals surface area contributed by atoms with Crippen LogP contribution in [0, 0.1) is 11.6 Å². The van der Waals surface area contributed by atoms with Gasteiger partial charge in [-0.2, -0.15) is 0 Å². The number of nitrogens with zero attached hydrogens (tertiary/aromatic N) is 1. The van der Waals surface area contributed by atoms with Gasteiger partial charge < -0.3 is 5.11 Å². The Morgan fingerprint density at radius 3 is 2.72 bits per heavy atom. The fourth-order valence-electron chi connectivity index (χ4n) is 1.44. The highest BCUT2D eigenvalue weighted by Gasteiger charge is 2.11. The SMILES string of the molecule is OC(CSc1ccccc1F)c1cncc(F)c1. The number of halogens is 2. The second kappa shape index (κ2) is 5.93. The molecule has 1 atom stereocenters. The number of rotatable bonds is 4. The monoisotopic (exact) mass is 267 g/mol. The molecule has 2 rings (SSSR count). The lowest BCUT2D eigenvalue weighted by Crippen LogP contribution is -2.02. The van der Waals surface area contributed by atoms with Crippen LogP contribution in [0.15, 0.2) is 47.6 Å². The van der Waals surface area contributed by atoms with Gasteiger partial charge in [-0.05, 0) is 18.2 Å². The van der Waals surface area contributed by atoms with Gasteiger partial charge >= 0.3 is 0 Å². The molecule has 2 aromatic rings. The highest BCUT2D eigenvalue weighted by atomic mass is 32.2. The first-order chi connectivity index (χ1) is 8.66. The van der Waals surface area contributed by atoms with Crippen LogP contribution in [0.1, 0.15) is 11.7 Å². The van der Waals surface area contributed by atoms with Crippen LogP contribution < -0.4 is 0 Å². The molecule has 0 aliphatic rings. The van der Waals surface area contributed by atoms with Crippen molar-refractivity contribution in [2.45, 2.75) is 11.0 Å². The second-order valence-electron chi connectivity index (χ2n) is 3.69. The van der Waals surface area contributed by atoms with Crippen molar-refractivity contribution >= 4 is 11.8 Å². The Kier molecular flexibility index (Phi) is 4.28. The van der Waals surface area contributed by atoms with Gasteiger partial charge in [0.1, 0.15) is 11.6 Å². The minimum absolute atomic E-state index is 0.242. The molecule has 0 spiro atoms. The molecule has 94 valence electrons. The lowest BCUT2D eigenvalue weighted by atomic mass is 10.2. The molecule has 5 heteroatoms. The molecule has 1 heterocycles. The fraction of sp³-hybridized carbons (Fsp3) is 0.154. The van der Waals surface area contributed by atoms with E-state index in [2.05, 4.69) is 4.98 Å². The third kappa shape index (κ3) is 3.27. The number of thioether (sulfide) groups is 1. The lowest BCUT2D eigenvalue weighted by molar-refractivity contribution is 0.203. The zero-order valence-electron chi connectivity index (χ0n) is 9.38. The summed E-state index contributed by atoms with van der Waals surface area (Å²) < 4.78 is 26.2. The van der Waals surface area contributed by atoms with Crippen LogP contribution in [0.5, 0.6) is 0 Å². The molecule has 2 nitrogen and oxygen atoms in total. The summed E-state index contributed by atoms with van der Waals surface area (Å²) in [5, 5.41) is 9.85. The molecular weight excluding hydrogens is 256 g/mol. The van der Waals surface area contributed by atoms with E-state index in [1.54, 1.807) is 18.2 Å². The van der Waals surface area contributed by atoms with Gasteiger partial charge in [0.2, 0.25) is 0 Å². The molecule has 1 N–H and O–H groups in total. The molecule has 0 saturated heterocycles. The topological polar surface area (TPSA) is 33.1 Å². The molecule has 0 aliphatic carbocycles. The molecule has 1 aromatic heterocycles. The van der Waals surface area contributed by atoms with E-state index in [4.69, 9.17) is 0 Å². The minimum atomic E-state index is -0.877. The summed E-state index contributed by atoms with van der Waals surface area (Å²) in [6.45, 7) is 0. The number of hydrogen-bond donors (Lipinski definition) is 1. The minimum Gasteiger partial charge on any atom is -0.387 e. The van der Waals surface area contributed by atoms with E-state index in [0.717, 1.165) is 6.20 Å². The average Bonchev–Trinajstić information content (AvgIpc) is 2.37. The number of aromatic nitrogens is 1. The molecule has 1 unspecified atom stereocenters. The van der Waals surface area contributed by atoms with Crippen molar-refractivity contribution in [2.24, 2.45) is 0 Å². The quantitative estimate of drug-likeness (QED) is 0.864. The molecule has 0 radical (unpaired) electrons. The van der Waals surface area contributed by atoms with E-state index in [1.165, 1.54) is 30.1 Å². The Bertz CT molecular complexity index is 536. The van der Waals surface area contributed by atoms with Gasteiger partial charge in [0.25, 0.3) is 0 Å². The van der Waals surface area contributed by atoms with Crippen LogP contribution in [0.3, 0.4) is 0 Å². The molecule has 18 heavy (non-hydrogen) atoms. The second-order valence-corrected chi connectivity index (χ2v) is 4.76. The predicted molar refractivity (Wildman–Crippen MR) is 66.3 cm³/mol. The van der Waals surface area contributed by atoms with Crippen LogP contribution >= 0.6 is 11.8 Å². The summed E-state index contributed by atoms with van der Waals surface area (Å²) >= 11 is 1.18. The standard InChI is InChI=1S/C13H11F2NOS/c14-10-5-9(6-16-7-10)12(17)8-18-13-4-2-1-3-11(13)15/h1-7,12,17H,8H2. The van der Waals surface area contributed by atoms with E-state index in [9.17, 15) is 13.9 Å². The Hall–Kier alpha value is -1.46. The van der Waals surface area contributed by atoms with Crippen molar-refractivity contribution in [3.05, 3.63) is 59.9 Å². The maximum absolute atomic E-state index is 13.3. The normalized spacial score (nSPS) is 12.4. The zero-order valence-corrected chi connectivity index (χ0v) is 10.2. The van der Waals surface area contributed by atoms with E-state index >= 15 is 0 Å². The smallest absolute Gasteiger partial charge is 0.141 e. The third-order valence-electron chi connectivity index (χ3n) is 2.34. The van der Waals surface area contributed by atoms with Crippen molar-refractivity contribution in [1.29, 1.82) is 0 Å². The van der Waals surface area contributed by atoms with Crippen molar-refractivity contribution < 1.29 is 13.9 Å². The number of pyridine rings is 1. The highest BCUT2D eigenvalue weighted by Crippen LogP contribution is 2.26. The molecule has 0 saturated carbocycles. The van der Waals surface area contributed by atoms with E-state index < -0.39 is 11.9 Å². The van der Waals surface area contributed by atoms with Crippen LogP contribution in [0.25, 0.3) is 0 Å². The van der Waals surface area contributed by atoms with Crippen molar-refractivity contribution in [2.75, 3.05) is 5.75 Å². The van der Waals surface area contributed by atoms with Gasteiger partial charge in [0.05, 0.1) is 12.3 Å². The predicted octanol–water partition coefficient (Wildman–Crippen LogP) is 3.19. The van der Waals surface area contributed by atoms with Crippen molar-refractivity contribution in [3.8, 4) is 0 Å². The van der Waals surface area contributed by atoms with Gasteiger partial charge in [-0.3, -0.25) is 4.98 Å².